The van der Waals surface area contributed by atoms with Crippen LogP contribution < -0.4 is 10.7 Å². The highest BCUT2D eigenvalue weighted by Crippen LogP contribution is 2.02. The van der Waals surface area contributed by atoms with Crippen LogP contribution in [0.4, 0.5) is 9.59 Å². The Morgan fingerprint density at radius 3 is 2.17 bits per heavy atom. The summed E-state index contributed by atoms with van der Waals surface area (Å²) in [7, 11) is -3.67. The Morgan fingerprint density at radius 1 is 1.22 bits per heavy atom. The van der Waals surface area contributed by atoms with Gasteiger partial charge in [0.1, 0.15) is 0 Å². The number of nitrogens with zero attached hydrogens (tertiary/aromatic N) is 1. The van der Waals surface area contributed by atoms with Crippen LogP contribution in [0.15, 0.2) is 30.3 Å². The highest BCUT2D eigenvalue weighted by atomic mass is 32.2. The molecule has 4 N–H and O–H groups in total. The summed E-state index contributed by atoms with van der Waals surface area (Å²) in [6.45, 7) is 2.61. The third-order valence-corrected chi connectivity index (χ3v) is 2.19. The summed E-state index contributed by atoms with van der Waals surface area (Å²) in [6, 6.07) is 8.71. The van der Waals surface area contributed by atoms with Gasteiger partial charge in [0.2, 0.25) is 0 Å². The van der Waals surface area contributed by atoms with Crippen molar-refractivity contribution >= 4 is 22.2 Å². The number of carbonyl (C=O) groups is 2. The van der Waals surface area contributed by atoms with Crippen LogP contribution in [0.5, 0.6) is 0 Å². The molecule has 10 heteroatoms. The summed E-state index contributed by atoms with van der Waals surface area (Å²) >= 11 is 0. The number of amides is 3. The molecule has 0 heterocycles. The maximum atomic E-state index is 11.7. The Morgan fingerprint density at radius 2 is 1.74 bits per heavy atom. The summed E-state index contributed by atoms with van der Waals surface area (Å²) in [6.07, 6.45) is 0.239. The molecule has 0 unspecified atom stereocenters. The minimum atomic E-state index is -3.67. The normalized spacial score (nSPS) is 10.0. The molecule has 0 saturated carbocycles. The van der Waals surface area contributed by atoms with Crippen molar-refractivity contribution < 1.29 is 27.7 Å². The third-order valence-electron chi connectivity index (χ3n) is 2.19. The number of rotatable bonds is 4. The SMILES string of the molecule is CCCNC(=O)N(Cc1ccccc1)NC(=O)O.CS(=O)(=O)O. The van der Waals surface area contributed by atoms with Crippen molar-refractivity contribution in [2.75, 3.05) is 12.8 Å². The smallest absolute Gasteiger partial charge is 0.423 e. The Balaban J connectivity index is 0.000000841. The number of carboxylic acid groups (broad SMARTS) is 1. The van der Waals surface area contributed by atoms with Crippen molar-refractivity contribution in [2.45, 2.75) is 19.9 Å². The van der Waals surface area contributed by atoms with E-state index in [2.05, 4.69) is 10.7 Å². The molecule has 0 aliphatic heterocycles. The van der Waals surface area contributed by atoms with Crippen molar-refractivity contribution in [3.05, 3.63) is 35.9 Å². The van der Waals surface area contributed by atoms with Gasteiger partial charge in [0.25, 0.3) is 10.1 Å². The summed E-state index contributed by atoms with van der Waals surface area (Å²) < 4.78 is 25.9. The molecule has 0 aromatic heterocycles. The minimum Gasteiger partial charge on any atom is -0.464 e. The van der Waals surface area contributed by atoms with E-state index in [1.807, 2.05) is 37.3 Å². The first-order valence-electron chi connectivity index (χ1n) is 6.64. The predicted octanol–water partition coefficient (Wildman–Crippen LogP) is 1.29. The van der Waals surface area contributed by atoms with Gasteiger partial charge in [-0.2, -0.15) is 8.42 Å². The van der Waals surface area contributed by atoms with Crippen molar-refractivity contribution in [1.29, 1.82) is 0 Å². The second-order valence-electron chi connectivity index (χ2n) is 4.45. The summed E-state index contributed by atoms with van der Waals surface area (Å²) in [5, 5.41) is 12.4. The van der Waals surface area contributed by atoms with Gasteiger partial charge in [0.05, 0.1) is 12.8 Å². The first-order chi connectivity index (χ1) is 10.6. The van der Waals surface area contributed by atoms with Crippen molar-refractivity contribution in [1.82, 2.24) is 15.8 Å². The molecule has 1 aromatic rings. The van der Waals surface area contributed by atoms with Gasteiger partial charge in [-0.1, -0.05) is 37.3 Å². The molecule has 130 valence electrons. The van der Waals surface area contributed by atoms with Crippen molar-refractivity contribution in [3.8, 4) is 0 Å². The fourth-order valence-electron chi connectivity index (χ4n) is 1.37. The summed E-state index contributed by atoms with van der Waals surface area (Å²) in [5.74, 6) is 0. The second-order valence-corrected chi connectivity index (χ2v) is 5.92. The molecule has 0 bridgehead atoms. The Labute approximate surface area is 135 Å². The molecule has 1 aromatic carbocycles. The fraction of sp³-hybridized carbons (Fsp3) is 0.385. The number of hydrogen-bond donors (Lipinski definition) is 4. The van der Waals surface area contributed by atoms with Crippen LogP contribution >= 0.6 is 0 Å². The first kappa shape index (κ1) is 20.7. The molecular weight excluding hydrogens is 326 g/mol. The molecule has 1 rings (SSSR count). The van der Waals surface area contributed by atoms with Gasteiger partial charge in [0, 0.05) is 6.54 Å². The zero-order chi connectivity index (χ0) is 17.9. The van der Waals surface area contributed by atoms with E-state index in [9.17, 15) is 18.0 Å². The number of carbonyl (C=O) groups excluding carboxylic acids is 1. The highest BCUT2D eigenvalue weighted by Gasteiger charge is 2.15. The van der Waals surface area contributed by atoms with Crippen LogP contribution in [0.1, 0.15) is 18.9 Å². The van der Waals surface area contributed by atoms with Crippen LogP contribution in [-0.4, -0.2) is 48.0 Å². The molecule has 9 nitrogen and oxygen atoms in total. The first-order valence-corrected chi connectivity index (χ1v) is 8.49. The molecule has 3 amide bonds. The average molecular weight is 347 g/mol. The molecule has 0 spiro atoms. The van der Waals surface area contributed by atoms with E-state index in [0.29, 0.717) is 12.8 Å². The number of hydrogen-bond acceptors (Lipinski definition) is 4. The predicted molar refractivity (Wildman–Crippen MR) is 84.3 cm³/mol. The molecule has 23 heavy (non-hydrogen) atoms. The Hall–Kier alpha value is -2.33. The van der Waals surface area contributed by atoms with E-state index in [0.717, 1.165) is 17.0 Å². The average Bonchev–Trinajstić information content (AvgIpc) is 2.43. The van der Waals surface area contributed by atoms with Crippen LogP contribution in [-0.2, 0) is 16.7 Å². The highest BCUT2D eigenvalue weighted by molar-refractivity contribution is 7.85. The number of nitrogens with one attached hydrogen (secondary N) is 2. The van der Waals surface area contributed by atoms with Crippen LogP contribution in [0.2, 0.25) is 0 Å². The number of hydrazine groups is 1. The van der Waals surface area contributed by atoms with Gasteiger partial charge in [-0.05, 0) is 12.0 Å². The van der Waals surface area contributed by atoms with E-state index in [-0.39, 0.29) is 6.54 Å². The largest absolute Gasteiger partial charge is 0.464 e. The lowest BCUT2D eigenvalue weighted by Crippen LogP contribution is -2.49. The lowest BCUT2D eigenvalue weighted by molar-refractivity contribution is 0.139. The monoisotopic (exact) mass is 347 g/mol. The van der Waals surface area contributed by atoms with Crippen molar-refractivity contribution in [2.24, 2.45) is 0 Å². The topological polar surface area (TPSA) is 136 Å². The third kappa shape index (κ3) is 13.1. The fourth-order valence-corrected chi connectivity index (χ4v) is 1.37. The van der Waals surface area contributed by atoms with E-state index < -0.39 is 22.2 Å². The van der Waals surface area contributed by atoms with E-state index in [1.165, 1.54) is 0 Å². The number of benzene rings is 1. The van der Waals surface area contributed by atoms with E-state index in [1.54, 1.807) is 0 Å². The Bertz CT molecular complexity index is 583. The minimum absolute atomic E-state index is 0.183. The van der Waals surface area contributed by atoms with Gasteiger partial charge in [-0.25, -0.2) is 20.0 Å². The van der Waals surface area contributed by atoms with E-state index in [4.69, 9.17) is 9.66 Å². The molecule has 0 fully saturated rings. The summed E-state index contributed by atoms with van der Waals surface area (Å²) in [5.41, 5.74) is 2.92. The maximum absolute atomic E-state index is 11.7. The number of urea groups is 1. The summed E-state index contributed by atoms with van der Waals surface area (Å²) in [4.78, 5) is 22.4. The molecule has 0 aliphatic rings. The zero-order valence-corrected chi connectivity index (χ0v) is 13.7. The van der Waals surface area contributed by atoms with E-state index >= 15 is 0 Å². The van der Waals surface area contributed by atoms with Gasteiger partial charge >= 0.3 is 12.1 Å². The Kier molecular flexibility index (Phi) is 9.35. The van der Waals surface area contributed by atoms with Gasteiger partial charge in [-0.15, -0.1) is 0 Å². The van der Waals surface area contributed by atoms with Gasteiger partial charge < -0.3 is 10.4 Å². The maximum Gasteiger partial charge on any atom is 0.423 e. The van der Waals surface area contributed by atoms with Gasteiger partial charge in [0.15, 0.2) is 0 Å². The van der Waals surface area contributed by atoms with Gasteiger partial charge in [-0.3, -0.25) is 4.55 Å². The molecule has 0 aliphatic carbocycles. The van der Waals surface area contributed by atoms with Crippen LogP contribution in [0.25, 0.3) is 0 Å². The second kappa shape index (κ2) is 10.4. The zero-order valence-electron chi connectivity index (χ0n) is 12.9. The molecular formula is C13H21N3O6S. The quantitative estimate of drug-likeness (QED) is 0.479. The van der Waals surface area contributed by atoms with Crippen LogP contribution in [0, 0.1) is 0 Å². The van der Waals surface area contributed by atoms with Crippen molar-refractivity contribution in [3.63, 3.8) is 0 Å². The molecule has 0 radical (unpaired) electrons. The molecule has 0 atom stereocenters. The standard InChI is InChI=1S/C12H17N3O3.CH4O3S/c1-2-8-13-11(16)15(14-12(17)18)9-10-6-4-3-5-7-10;1-5(2,3)4/h3-7,14H,2,8-9H2,1H3,(H,13,16)(H,17,18);1H3,(H,2,3,4). The lowest BCUT2D eigenvalue weighted by Gasteiger charge is -2.22. The van der Waals surface area contributed by atoms with Crippen LogP contribution in [0.3, 0.4) is 0 Å². The lowest BCUT2D eigenvalue weighted by atomic mass is 10.2. The molecule has 0 saturated heterocycles.